The molecule has 0 spiro atoms. The van der Waals surface area contributed by atoms with Gasteiger partial charge in [0.25, 0.3) is 5.91 Å². The molecule has 4 aromatic rings. The molecule has 0 aliphatic rings. The fourth-order valence-electron chi connectivity index (χ4n) is 4.27. The number of benzene rings is 4. The van der Waals surface area contributed by atoms with Crippen LogP contribution in [0.3, 0.4) is 0 Å². The van der Waals surface area contributed by atoms with Crippen molar-refractivity contribution < 1.29 is 19.4 Å². The van der Waals surface area contributed by atoms with Crippen LogP contribution < -0.4 is 10.6 Å². The number of hydrogen-bond donors (Lipinski definition) is 3. The molecular formula is C32H31ClN2O4. The Kier molecular flexibility index (Phi) is 9.73. The number of nitrogens with one attached hydrogen (secondary N) is 2. The van der Waals surface area contributed by atoms with Crippen molar-refractivity contribution in [2.45, 2.75) is 25.4 Å². The van der Waals surface area contributed by atoms with E-state index in [1.807, 2.05) is 42.5 Å². The van der Waals surface area contributed by atoms with Gasteiger partial charge in [-0.25, -0.2) is 4.79 Å². The zero-order valence-electron chi connectivity index (χ0n) is 21.7. The maximum atomic E-state index is 12.7. The summed E-state index contributed by atoms with van der Waals surface area (Å²) in [6.45, 7) is 1.58. The summed E-state index contributed by atoms with van der Waals surface area (Å²) in [5.41, 5.74) is 5.69. The minimum absolute atomic E-state index is 0.278. The number of ether oxygens (including phenoxy) is 1. The van der Waals surface area contributed by atoms with Gasteiger partial charge in [0.15, 0.2) is 0 Å². The van der Waals surface area contributed by atoms with Gasteiger partial charge >= 0.3 is 5.97 Å². The lowest BCUT2D eigenvalue weighted by atomic mass is 9.99. The van der Waals surface area contributed by atoms with E-state index in [-0.39, 0.29) is 12.2 Å². The lowest BCUT2D eigenvalue weighted by Crippen LogP contribution is -2.43. The molecule has 1 amide bonds. The third-order valence-corrected chi connectivity index (χ3v) is 6.75. The van der Waals surface area contributed by atoms with Crippen molar-refractivity contribution in [1.82, 2.24) is 10.6 Å². The average molecular weight is 543 g/mol. The Balaban J connectivity index is 1.36. The van der Waals surface area contributed by atoms with Crippen LogP contribution >= 0.6 is 11.6 Å². The van der Waals surface area contributed by atoms with Crippen LogP contribution in [0.5, 0.6) is 5.75 Å². The normalized spacial score (nSPS) is 11.5. The standard InChI is InChI=1S/C32H31ClN2O4/c1-39-32(38)30(35-31(37)28-7-2-3-8-29(28)33)20-23-9-13-25(14-10-23)26-6-4-5-24(19-26)21-34-18-17-22-11-15-27(36)16-12-22/h2-16,19,30,34,36H,17-18,20-21H2,1H3,(H,35,37)/t30-/m0/s1. The first-order chi connectivity index (χ1) is 18.9. The van der Waals surface area contributed by atoms with E-state index in [9.17, 15) is 14.7 Å². The van der Waals surface area contributed by atoms with Gasteiger partial charge in [0.05, 0.1) is 17.7 Å². The molecule has 0 aliphatic carbocycles. The van der Waals surface area contributed by atoms with E-state index in [0.29, 0.717) is 10.6 Å². The highest BCUT2D eigenvalue weighted by molar-refractivity contribution is 6.33. The minimum Gasteiger partial charge on any atom is -0.508 e. The topological polar surface area (TPSA) is 87.7 Å². The molecule has 3 N–H and O–H groups in total. The number of methoxy groups -OCH3 is 1. The van der Waals surface area contributed by atoms with Crippen LogP contribution in [0.4, 0.5) is 0 Å². The number of phenols is 1. The Morgan fingerprint density at radius 3 is 2.28 bits per heavy atom. The van der Waals surface area contributed by atoms with Gasteiger partial charge in [-0.1, -0.05) is 78.3 Å². The Bertz CT molecular complexity index is 1400. The fraction of sp³-hybridized carbons (Fsp3) is 0.188. The van der Waals surface area contributed by atoms with Crippen LogP contribution in [0.25, 0.3) is 11.1 Å². The van der Waals surface area contributed by atoms with Gasteiger partial charge in [0.2, 0.25) is 0 Å². The van der Waals surface area contributed by atoms with Gasteiger partial charge < -0.3 is 20.5 Å². The summed E-state index contributed by atoms with van der Waals surface area (Å²) in [6.07, 6.45) is 1.17. The molecular weight excluding hydrogens is 512 g/mol. The summed E-state index contributed by atoms with van der Waals surface area (Å²) in [5, 5.41) is 15.9. The number of carbonyl (C=O) groups is 2. The SMILES string of the molecule is COC(=O)[C@H](Cc1ccc(-c2cccc(CNCCc3ccc(O)cc3)c2)cc1)NC(=O)c1ccccc1Cl. The van der Waals surface area contributed by atoms with Crippen LogP contribution in [-0.2, 0) is 28.9 Å². The van der Waals surface area contributed by atoms with Crippen LogP contribution in [0.2, 0.25) is 5.02 Å². The highest BCUT2D eigenvalue weighted by atomic mass is 35.5. The van der Waals surface area contributed by atoms with Crippen molar-refractivity contribution in [2.24, 2.45) is 0 Å². The summed E-state index contributed by atoms with van der Waals surface area (Å²) in [7, 11) is 1.30. The Hall–Kier alpha value is -4.13. The first-order valence-corrected chi connectivity index (χ1v) is 13.1. The van der Waals surface area contributed by atoms with Crippen molar-refractivity contribution in [1.29, 1.82) is 0 Å². The van der Waals surface area contributed by atoms with Crippen LogP contribution in [0.15, 0.2) is 97.1 Å². The molecule has 4 rings (SSSR count). The van der Waals surface area contributed by atoms with Crippen LogP contribution in [-0.4, -0.2) is 36.7 Å². The predicted molar refractivity (Wildman–Crippen MR) is 154 cm³/mol. The number of esters is 1. The summed E-state index contributed by atoms with van der Waals surface area (Å²) >= 11 is 6.14. The van der Waals surface area contributed by atoms with Gasteiger partial charge in [0.1, 0.15) is 11.8 Å². The second kappa shape index (κ2) is 13.6. The highest BCUT2D eigenvalue weighted by Gasteiger charge is 2.23. The van der Waals surface area contributed by atoms with E-state index in [1.54, 1.807) is 36.4 Å². The Morgan fingerprint density at radius 2 is 1.56 bits per heavy atom. The molecule has 0 saturated heterocycles. The maximum absolute atomic E-state index is 12.7. The third-order valence-electron chi connectivity index (χ3n) is 6.42. The molecule has 0 fully saturated rings. The molecule has 0 radical (unpaired) electrons. The van der Waals surface area contributed by atoms with Crippen molar-refractivity contribution in [2.75, 3.05) is 13.7 Å². The molecule has 0 heterocycles. The molecule has 1 atom stereocenters. The van der Waals surface area contributed by atoms with Crippen molar-refractivity contribution >= 4 is 23.5 Å². The molecule has 0 bridgehead atoms. The smallest absolute Gasteiger partial charge is 0.328 e. The van der Waals surface area contributed by atoms with Gasteiger partial charge in [-0.15, -0.1) is 0 Å². The van der Waals surface area contributed by atoms with E-state index in [0.717, 1.165) is 36.2 Å². The monoisotopic (exact) mass is 542 g/mol. The van der Waals surface area contributed by atoms with Crippen molar-refractivity contribution in [3.05, 3.63) is 124 Å². The summed E-state index contributed by atoms with van der Waals surface area (Å²) in [6, 6.07) is 29.4. The summed E-state index contributed by atoms with van der Waals surface area (Å²) < 4.78 is 4.93. The number of amides is 1. The molecule has 0 unspecified atom stereocenters. The zero-order valence-corrected chi connectivity index (χ0v) is 22.4. The Labute approximate surface area is 233 Å². The molecule has 0 aliphatic heterocycles. The molecule has 4 aromatic carbocycles. The Morgan fingerprint density at radius 1 is 0.846 bits per heavy atom. The first-order valence-electron chi connectivity index (χ1n) is 12.7. The predicted octanol–water partition coefficient (Wildman–Crippen LogP) is 5.56. The van der Waals surface area contributed by atoms with E-state index in [1.165, 1.54) is 18.2 Å². The van der Waals surface area contributed by atoms with Crippen LogP contribution in [0, 0.1) is 0 Å². The molecule has 39 heavy (non-hydrogen) atoms. The fourth-order valence-corrected chi connectivity index (χ4v) is 4.50. The number of phenolic OH excluding ortho intramolecular Hbond substituents is 1. The second-order valence-electron chi connectivity index (χ2n) is 9.22. The first kappa shape index (κ1) is 27.9. The van der Waals surface area contributed by atoms with Gasteiger partial charge in [-0.2, -0.15) is 0 Å². The molecule has 7 heteroatoms. The van der Waals surface area contributed by atoms with Crippen molar-refractivity contribution in [3.63, 3.8) is 0 Å². The lowest BCUT2D eigenvalue weighted by Gasteiger charge is -2.17. The van der Waals surface area contributed by atoms with Gasteiger partial charge in [-0.05, 0) is 71.1 Å². The number of hydrogen-bond acceptors (Lipinski definition) is 5. The van der Waals surface area contributed by atoms with E-state index < -0.39 is 17.9 Å². The molecule has 6 nitrogen and oxygen atoms in total. The maximum Gasteiger partial charge on any atom is 0.328 e. The average Bonchev–Trinajstić information content (AvgIpc) is 2.96. The molecule has 0 saturated carbocycles. The van der Waals surface area contributed by atoms with Crippen LogP contribution in [0.1, 0.15) is 27.0 Å². The largest absolute Gasteiger partial charge is 0.508 e. The minimum atomic E-state index is -0.847. The highest BCUT2D eigenvalue weighted by Crippen LogP contribution is 2.22. The number of aromatic hydroxyl groups is 1. The van der Waals surface area contributed by atoms with E-state index >= 15 is 0 Å². The number of halogens is 1. The zero-order chi connectivity index (χ0) is 27.6. The second-order valence-corrected chi connectivity index (χ2v) is 9.63. The number of rotatable bonds is 11. The quantitative estimate of drug-likeness (QED) is 0.171. The summed E-state index contributed by atoms with van der Waals surface area (Å²) in [5.74, 6) is -0.675. The molecule has 200 valence electrons. The number of carbonyl (C=O) groups excluding carboxylic acids is 2. The molecule has 0 aromatic heterocycles. The summed E-state index contributed by atoms with van der Waals surface area (Å²) in [4.78, 5) is 25.1. The van der Waals surface area contributed by atoms with Crippen molar-refractivity contribution in [3.8, 4) is 16.9 Å². The van der Waals surface area contributed by atoms with Gasteiger partial charge in [0, 0.05) is 13.0 Å². The van der Waals surface area contributed by atoms with Gasteiger partial charge in [-0.3, -0.25) is 4.79 Å². The lowest BCUT2D eigenvalue weighted by molar-refractivity contribution is -0.142. The van der Waals surface area contributed by atoms with E-state index in [4.69, 9.17) is 16.3 Å². The van der Waals surface area contributed by atoms with E-state index in [2.05, 4.69) is 28.8 Å². The third kappa shape index (κ3) is 7.93.